The molecule has 2 aromatic rings. The number of rotatable bonds is 5. The zero-order valence-corrected chi connectivity index (χ0v) is 9.91. The Morgan fingerprint density at radius 2 is 2.11 bits per heavy atom. The minimum Gasteiger partial charge on any atom is -0.330 e. The van der Waals surface area contributed by atoms with Gasteiger partial charge in [0.15, 0.2) is 0 Å². The Bertz CT molecular complexity index is 492. The Hall–Kier alpha value is -2.21. The van der Waals surface area contributed by atoms with Crippen molar-refractivity contribution < 1.29 is 4.79 Å². The fourth-order valence-electron chi connectivity index (χ4n) is 1.53. The van der Waals surface area contributed by atoms with Crippen molar-refractivity contribution in [1.82, 2.24) is 15.0 Å². The maximum atomic E-state index is 11.5. The van der Waals surface area contributed by atoms with Crippen LogP contribution in [-0.4, -0.2) is 27.4 Å². The van der Waals surface area contributed by atoms with E-state index in [0.29, 0.717) is 19.4 Å². The van der Waals surface area contributed by atoms with Gasteiger partial charge in [-0.3, -0.25) is 4.79 Å². The number of anilines is 1. The maximum Gasteiger partial charge on any atom is 0.224 e. The number of hydrogen-bond donors (Lipinski definition) is 2. The second-order valence-corrected chi connectivity index (χ2v) is 3.83. The molecule has 1 aromatic heterocycles. The molecule has 0 fully saturated rings. The summed E-state index contributed by atoms with van der Waals surface area (Å²) in [4.78, 5) is 11.5. The molecule has 1 amide bonds. The first kappa shape index (κ1) is 12.3. The molecule has 1 aromatic carbocycles. The number of hydrogen-bond acceptors (Lipinski definition) is 4. The summed E-state index contributed by atoms with van der Waals surface area (Å²) in [5, 5.41) is 10.4. The van der Waals surface area contributed by atoms with Crippen molar-refractivity contribution in [3.05, 3.63) is 36.7 Å². The standard InChI is InChI=1S/C12H15N5O/c13-7-1-2-12(18)15-10-3-5-11(6-4-10)17-9-8-14-16-17/h3-6,8-9H,1-2,7,13H2,(H,15,18). The topological polar surface area (TPSA) is 85.8 Å². The van der Waals surface area contributed by atoms with E-state index in [-0.39, 0.29) is 5.91 Å². The molecule has 18 heavy (non-hydrogen) atoms. The van der Waals surface area contributed by atoms with Crippen molar-refractivity contribution in [3.63, 3.8) is 0 Å². The van der Waals surface area contributed by atoms with Gasteiger partial charge in [-0.1, -0.05) is 5.21 Å². The Morgan fingerprint density at radius 3 is 2.72 bits per heavy atom. The van der Waals surface area contributed by atoms with Gasteiger partial charge in [-0.2, -0.15) is 0 Å². The van der Waals surface area contributed by atoms with Crippen molar-refractivity contribution >= 4 is 11.6 Å². The Labute approximate surface area is 105 Å². The summed E-state index contributed by atoms with van der Waals surface area (Å²) in [6, 6.07) is 7.40. The molecule has 0 aliphatic rings. The van der Waals surface area contributed by atoms with Crippen LogP contribution in [0.3, 0.4) is 0 Å². The maximum absolute atomic E-state index is 11.5. The number of carbonyl (C=O) groups excluding carboxylic acids is 1. The lowest BCUT2D eigenvalue weighted by molar-refractivity contribution is -0.116. The Morgan fingerprint density at radius 1 is 1.33 bits per heavy atom. The highest BCUT2D eigenvalue weighted by molar-refractivity contribution is 5.90. The predicted octanol–water partition coefficient (Wildman–Crippen LogP) is 0.945. The van der Waals surface area contributed by atoms with Crippen molar-refractivity contribution in [3.8, 4) is 5.69 Å². The zero-order valence-electron chi connectivity index (χ0n) is 9.91. The first-order valence-corrected chi connectivity index (χ1v) is 5.76. The smallest absolute Gasteiger partial charge is 0.224 e. The normalized spacial score (nSPS) is 10.3. The van der Waals surface area contributed by atoms with E-state index < -0.39 is 0 Å². The van der Waals surface area contributed by atoms with Gasteiger partial charge >= 0.3 is 0 Å². The summed E-state index contributed by atoms with van der Waals surface area (Å²) in [7, 11) is 0. The van der Waals surface area contributed by atoms with E-state index in [1.165, 1.54) is 0 Å². The lowest BCUT2D eigenvalue weighted by atomic mass is 10.2. The number of nitrogens with one attached hydrogen (secondary N) is 1. The fraction of sp³-hybridized carbons (Fsp3) is 0.250. The van der Waals surface area contributed by atoms with Gasteiger partial charge < -0.3 is 11.1 Å². The number of amides is 1. The van der Waals surface area contributed by atoms with Gasteiger partial charge in [-0.05, 0) is 37.2 Å². The molecule has 0 saturated carbocycles. The predicted molar refractivity (Wildman–Crippen MR) is 68.3 cm³/mol. The largest absolute Gasteiger partial charge is 0.330 e. The summed E-state index contributed by atoms with van der Waals surface area (Å²) in [5.74, 6) is -0.0195. The number of aromatic nitrogens is 3. The van der Waals surface area contributed by atoms with E-state index in [9.17, 15) is 4.79 Å². The first-order chi connectivity index (χ1) is 8.79. The molecule has 0 saturated heterocycles. The molecule has 0 radical (unpaired) electrons. The van der Waals surface area contributed by atoms with Crippen LogP contribution in [0.15, 0.2) is 36.7 Å². The van der Waals surface area contributed by atoms with Gasteiger partial charge in [-0.15, -0.1) is 5.10 Å². The Kier molecular flexibility index (Phi) is 4.03. The molecule has 0 unspecified atom stereocenters. The van der Waals surface area contributed by atoms with E-state index in [2.05, 4.69) is 15.6 Å². The Balaban J connectivity index is 1.98. The SMILES string of the molecule is NCCCC(=O)Nc1ccc(-n2ccnn2)cc1. The summed E-state index contributed by atoms with van der Waals surface area (Å²) < 4.78 is 1.65. The third-order valence-corrected chi connectivity index (χ3v) is 2.45. The van der Waals surface area contributed by atoms with E-state index in [1.807, 2.05) is 24.3 Å². The molecule has 0 spiro atoms. The van der Waals surface area contributed by atoms with Gasteiger partial charge in [0.05, 0.1) is 18.1 Å². The first-order valence-electron chi connectivity index (χ1n) is 5.76. The molecule has 0 aliphatic carbocycles. The number of benzene rings is 1. The third-order valence-electron chi connectivity index (χ3n) is 2.45. The summed E-state index contributed by atoms with van der Waals surface area (Å²) in [5.41, 5.74) is 7.01. The molecular formula is C12H15N5O. The third kappa shape index (κ3) is 3.14. The van der Waals surface area contributed by atoms with Gasteiger partial charge in [0, 0.05) is 12.1 Å². The van der Waals surface area contributed by atoms with Gasteiger partial charge in [0.2, 0.25) is 5.91 Å². The highest BCUT2D eigenvalue weighted by Crippen LogP contribution is 2.12. The second-order valence-electron chi connectivity index (χ2n) is 3.83. The highest BCUT2D eigenvalue weighted by Gasteiger charge is 2.02. The van der Waals surface area contributed by atoms with Gasteiger partial charge in [0.1, 0.15) is 0 Å². The van der Waals surface area contributed by atoms with Gasteiger partial charge in [0.25, 0.3) is 0 Å². The lowest BCUT2D eigenvalue weighted by Crippen LogP contribution is -2.13. The van der Waals surface area contributed by atoms with Crippen LogP contribution in [0.25, 0.3) is 5.69 Å². The molecule has 3 N–H and O–H groups in total. The summed E-state index contributed by atoms with van der Waals surface area (Å²) in [6.07, 6.45) is 4.52. The monoisotopic (exact) mass is 245 g/mol. The van der Waals surface area contributed by atoms with E-state index in [1.54, 1.807) is 17.1 Å². The lowest BCUT2D eigenvalue weighted by Gasteiger charge is -2.06. The minimum absolute atomic E-state index is 0.0195. The quantitative estimate of drug-likeness (QED) is 0.821. The molecule has 6 nitrogen and oxygen atoms in total. The average Bonchev–Trinajstić information content (AvgIpc) is 2.91. The molecule has 2 rings (SSSR count). The summed E-state index contributed by atoms with van der Waals surface area (Å²) >= 11 is 0. The number of nitrogens with zero attached hydrogens (tertiary/aromatic N) is 3. The van der Waals surface area contributed by atoms with Crippen molar-refractivity contribution in [2.45, 2.75) is 12.8 Å². The van der Waals surface area contributed by atoms with Crippen LogP contribution in [0.5, 0.6) is 0 Å². The van der Waals surface area contributed by atoms with Crippen LogP contribution in [0.2, 0.25) is 0 Å². The highest BCUT2D eigenvalue weighted by atomic mass is 16.1. The van der Waals surface area contributed by atoms with Crippen LogP contribution in [-0.2, 0) is 4.79 Å². The molecular weight excluding hydrogens is 230 g/mol. The number of nitrogens with two attached hydrogens (primary N) is 1. The fourth-order valence-corrected chi connectivity index (χ4v) is 1.53. The second kappa shape index (κ2) is 5.92. The van der Waals surface area contributed by atoms with Crippen LogP contribution in [0.4, 0.5) is 5.69 Å². The zero-order chi connectivity index (χ0) is 12.8. The summed E-state index contributed by atoms with van der Waals surface area (Å²) in [6.45, 7) is 0.526. The van der Waals surface area contributed by atoms with Crippen LogP contribution in [0.1, 0.15) is 12.8 Å². The molecule has 6 heteroatoms. The minimum atomic E-state index is -0.0195. The van der Waals surface area contributed by atoms with Gasteiger partial charge in [-0.25, -0.2) is 4.68 Å². The number of carbonyl (C=O) groups is 1. The van der Waals surface area contributed by atoms with Crippen LogP contribution >= 0.6 is 0 Å². The molecule has 0 atom stereocenters. The molecule has 0 aliphatic heterocycles. The molecule has 0 bridgehead atoms. The molecule has 94 valence electrons. The van der Waals surface area contributed by atoms with Crippen molar-refractivity contribution in [1.29, 1.82) is 0 Å². The van der Waals surface area contributed by atoms with Crippen LogP contribution < -0.4 is 11.1 Å². The van der Waals surface area contributed by atoms with Crippen molar-refractivity contribution in [2.24, 2.45) is 5.73 Å². The average molecular weight is 245 g/mol. The van der Waals surface area contributed by atoms with Crippen molar-refractivity contribution in [2.75, 3.05) is 11.9 Å². The molecule has 1 heterocycles. The van der Waals surface area contributed by atoms with E-state index in [0.717, 1.165) is 11.4 Å². The van der Waals surface area contributed by atoms with E-state index in [4.69, 9.17) is 5.73 Å². The van der Waals surface area contributed by atoms with Crippen LogP contribution in [0, 0.1) is 0 Å². The van der Waals surface area contributed by atoms with E-state index >= 15 is 0 Å².